The summed E-state index contributed by atoms with van der Waals surface area (Å²) < 4.78 is 73.8. The SMILES string of the molecule is CC(=O)OC[C@H]1O[C@@H](O[C@H]2CCCc3c2c(O)c2c(=O)c4ccccc4oc2c3O)[C@H](NC(=O)C(F)(F)F)[C@@H](OC(C)=O)[C@@H]1OC(C)=O. The van der Waals surface area contributed by atoms with Crippen LogP contribution in [-0.2, 0) is 49.3 Å². The van der Waals surface area contributed by atoms with Crippen LogP contribution in [0.3, 0.4) is 0 Å². The molecule has 5 rings (SSSR count). The number of phenolic OH excluding ortho intramolecular Hbond substituents is 2. The van der Waals surface area contributed by atoms with Crippen molar-refractivity contribution in [3.8, 4) is 11.5 Å². The van der Waals surface area contributed by atoms with Gasteiger partial charge in [0.25, 0.3) is 0 Å². The fraction of sp³-hybridized carbons (Fsp3) is 0.452. The van der Waals surface area contributed by atoms with Gasteiger partial charge in [0.2, 0.25) is 5.43 Å². The Kier molecular flexibility index (Phi) is 9.55. The van der Waals surface area contributed by atoms with Crippen LogP contribution in [0.15, 0.2) is 33.5 Å². The molecule has 17 heteroatoms. The monoisotopic (exact) mass is 681 g/mol. The first kappa shape index (κ1) is 34.4. The van der Waals surface area contributed by atoms with Gasteiger partial charge in [0.05, 0.1) is 11.5 Å². The van der Waals surface area contributed by atoms with E-state index in [2.05, 4.69) is 0 Å². The molecule has 2 aromatic carbocycles. The van der Waals surface area contributed by atoms with Gasteiger partial charge in [-0.25, -0.2) is 0 Å². The molecule has 14 nitrogen and oxygen atoms in total. The van der Waals surface area contributed by atoms with Crippen LogP contribution in [0.2, 0.25) is 0 Å². The van der Waals surface area contributed by atoms with E-state index in [0.717, 1.165) is 20.8 Å². The Balaban J connectivity index is 1.63. The number of nitrogens with one attached hydrogen (secondary N) is 1. The summed E-state index contributed by atoms with van der Waals surface area (Å²) in [5.74, 6) is -6.42. The van der Waals surface area contributed by atoms with E-state index in [1.54, 1.807) is 17.4 Å². The van der Waals surface area contributed by atoms with Crippen molar-refractivity contribution in [2.45, 2.75) is 83.0 Å². The molecular weight excluding hydrogens is 651 g/mol. The highest BCUT2D eigenvalue weighted by molar-refractivity contribution is 5.97. The van der Waals surface area contributed by atoms with Gasteiger partial charge < -0.3 is 43.6 Å². The van der Waals surface area contributed by atoms with Crippen molar-refractivity contribution in [1.29, 1.82) is 0 Å². The van der Waals surface area contributed by atoms with E-state index in [1.165, 1.54) is 12.1 Å². The van der Waals surface area contributed by atoms with Crippen LogP contribution in [0.5, 0.6) is 11.5 Å². The van der Waals surface area contributed by atoms with E-state index in [-0.39, 0.29) is 45.9 Å². The number of aromatic hydroxyl groups is 2. The molecule has 0 radical (unpaired) electrons. The number of hydrogen-bond donors (Lipinski definition) is 3. The van der Waals surface area contributed by atoms with Gasteiger partial charge in [0, 0.05) is 31.9 Å². The number of ether oxygens (including phenoxy) is 5. The molecule has 1 aliphatic heterocycles. The lowest BCUT2D eigenvalue weighted by Crippen LogP contribution is -2.67. The third-order valence-electron chi connectivity index (χ3n) is 7.89. The lowest BCUT2D eigenvalue weighted by molar-refractivity contribution is -0.291. The topological polar surface area (TPSA) is 197 Å². The number of rotatable bonds is 7. The fourth-order valence-electron chi connectivity index (χ4n) is 5.98. The fourth-order valence-corrected chi connectivity index (χ4v) is 5.98. The molecule has 0 spiro atoms. The van der Waals surface area contributed by atoms with Crippen molar-refractivity contribution in [2.75, 3.05) is 6.61 Å². The lowest BCUT2D eigenvalue weighted by Gasteiger charge is -2.46. The molecular formula is C31H30F3NO13. The van der Waals surface area contributed by atoms with Gasteiger partial charge in [0.15, 0.2) is 29.8 Å². The zero-order valence-corrected chi connectivity index (χ0v) is 25.6. The van der Waals surface area contributed by atoms with Gasteiger partial charge in [-0.1, -0.05) is 12.1 Å². The number of para-hydroxylation sites is 1. The second-order valence-electron chi connectivity index (χ2n) is 11.2. The minimum Gasteiger partial charge on any atom is -0.507 e. The second kappa shape index (κ2) is 13.3. The van der Waals surface area contributed by atoms with Crippen LogP contribution < -0.4 is 10.7 Å². The summed E-state index contributed by atoms with van der Waals surface area (Å²) in [6.45, 7) is 2.26. The van der Waals surface area contributed by atoms with Crippen LogP contribution in [0.1, 0.15) is 50.8 Å². The highest BCUT2D eigenvalue weighted by Crippen LogP contribution is 2.48. The normalized spacial score (nSPS) is 24.0. The first-order chi connectivity index (χ1) is 22.6. The van der Waals surface area contributed by atoms with Gasteiger partial charge in [0.1, 0.15) is 35.5 Å². The summed E-state index contributed by atoms with van der Waals surface area (Å²) in [7, 11) is 0. The van der Waals surface area contributed by atoms with Gasteiger partial charge in [-0.3, -0.25) is 24.0 Å². The molecule has 1 saturated heterocycles. The van der Waals surface area contributed by atoms with Crippen molar-refractivity contribution in [3.05, 3.63) is 45.6 Å². The molecule has 2 heterocycles. The standard InChI is InChI=1S/C31H30F3NO13/c1-12(36)43-11-19-26(44-13(2)37)28(45-14(3)38)22(35-30(42)31(32,33)34)29(48-19)47-18-10-6-8-16-20(18)25(41)21-23(39)15-7-4-5-9-17(15)46-27(21)24(16)40/h4-5,7,9,18-19,22,26,28-29,40-41H,6,8,10-11H2,1-3H3,(H,35,42)/t18-,19+,22+,26+,28+,29+/m0/s1. The van der Waals surface area contributed by atoms with Gasteiger partial charge in [-0.05, 0) is 31.4 Å². The number of hydrogen-bond acceptors (Lipinski definition) is 13. The summed E-state index contributed by atoms with van der Waals surface area (Å²) in [6, 6.07) is 4.13. The van der Waals surface area contributed by atoms with E-state index in [0.29, 0.717) is 6.42 Å². The van der Waals surface area contributed by atoms with Gasteiger partial charge in [-0.2, -0.15) is 13.2 Å². The number of fused-ring (bicyclic) bond motifs is 3. The summed E-state index contributed by atoms with van der Waals surface area (Å²) in [4.78, 5) is 61.5. The van der Waals surface area contributed by atoms with E-state index in [9.17, 15) is 47.4 Å². The third-order valence-corrected chi connectivity index (χ3v) is 7.89. The molecule has 6 atom stereocenters. The van der Waals surface area contributed by atoms with E-state index >= 15 is 0 Å². The van der Waals surface area contributed by atoms with E-state index in [1.807, 2.05) is 0 Å². The van der Waals surface area contributed by atoms with Gasteiger partial charge in [-0.15, -0.1) is 0 Å². The average Bonchev–Trinajstić information content (AvgIpc) is 3.00. The molecule has 0 bridgehead atoms. The number of esters is 3. The second-order valence-corrected chi connectivity index (χ2v) is 11.2. The molecule has 3 N–H and O–H groups in total. The third kappa shape index (κ3) is 6.73. The van der Waals surface area contributed by atoms with Gasteiger partial charge >= 0.3 is 30.0 Å². The van der Waals surface area contributed by atoms with E-state index < -0.39 is 90.3 Å². The zero-order valence-electron chi connectivity index (χ0n) is 25.6. The zero-order chi connectivity index (χ0) is 35.1. The molecule has 2 aliphatic rings. The van der Waals surface area contributed by atoms with Crippen molar-refractivity contribution < 1.29 is 70.7 Å². The number of carbonyl (C=O) groups excluding carboxylic acids is 4. The Morgan fingerprint density at radius 2 is 1.65 bits per heavy atom. The molecule has 0 unspecified atom stereocenters. The molecule has 1 aromatic heterocycles. The quantitative estimate of drug-likeness (QED) is 0.143. The largest absolute Gasteiger partial charge is 0.507 e. The summed E-state index contributed by atoms with van der Waals surface area (Å²) in [5.41, 5.74) is -0.810. The van der Waals surface area contributed by atoms with Crippen LogP contribution in [0.4, 0.5) is 13.2 Å². The number of amides is 1. The maximum Gasteiger partial charge on any atom is 0.471 e. The molecule has 258 valence electrons. The maximum absolute atomic E-state index is 13.5. The highest BCUT2D eigenvalue weighted by atomic mass is 19.4. The van der Waals surface area contributed by atoms with Crippen LogP contribution >= 0.6 is 0 Å². The predicted octanol–water partition coefficient (Wildman–Crippen LogP) is 2.95. The smallest absolute Gasteiger partial charge is 0.471 e. The molecule has 1 aliphatic carbocycles. The summed E-state index contributed by atoms with van der Waals surface area (Å²) in [5, 5.41) is 24.1. The van der Waals surface area contributed by atoms with E-state index in [4.69, 9.17) is 28.1 Å². The van der Waals surface area contributed by atoms with Crippen LogP contribution in [-0.4, -0.2) is 77.5 Å². The number of phenols is 2. The van der Waals surface area contributed by atoms with Crippen molar-refractivity contribution in [3.63, 3.8) is 0 Å². The number of carbonyl (C=O) groups is 4. The van der Waals surface area contributed by atoms with Crippen molar-refractivity contribution in [2.24, 2.45) is 0 Å². The minimum atomic E-state index is -5.44. The Labute approximate surface area is 268 Å². The Hall–Kier alpha value is -4.90. The first-order valence-corrected chi connectivity index (χ1v) is 14.7. The predicted molar refractivity (Wildman–Crippen MR) is 154 cm³/mol. The number of benzene rings is 2. The minimum absolute atomic E-state index is 0.0600. The molecule has 1 amide bonds. The summed E-state index contributed by atoms with van der Waals surface area (Å²) in [6.07, 6.45) is -13.3. The van der Waals surface area contributed by atoms with Crippen LogP contribution in [0, 0.1) is 0 Å². The maximum atomic E-state index is 13.5. The number of halogens is 3. The first-order valence-electron chi connectivity index (χ1n) is 14.7. The highest BCUT2D eigenvalue weighted by Gasteiger charge is 2.54. The van der Waals surface area contributed by atoms with Crippen molar-refractivity contribution in [1.82, 2.24) is 5.32 Å². The number of alkyl halides is 3. The Morgan fingerprint density at radius 3 is 2.29 bits per heavy atom. The molecule has 3 aromatic rings. The Morgan fingerprint density at radius 1 is 0.979 bits per heavy atom. The Bertz CT molecular complexity index is 1840. The van der Waals surface area contributed by atoms with Crippen molar-refractivity contribution >= 4 is 45.8 Å². The summed E-state index contributed by atoms with van der Waals surface area (Å²) >= 11 is 0. The molecule has 0 saturated carbocycles. The molecule has 48 heavy (non-hydrogen) atoms. The van der Waals surface area contributed by atoms with Crippen LogP contribution in [0.25, 0.3) is 21.9 Å². The lowest BCUT2D eigenvalue weighted by atomic mass is 9.86. The average molecular weight is 682 g/mol. The molecule has 1 fully saturated rings.